The first-order valence-corrected chi connectivity index (χ1v) is 11.6. The summed E-state index contributed by atoms with van der Waals surface area (Å²) >= 11 is 3.62. The van der Waals surface area contributed by atoms with Crippen molar-refractivity contribution in [3.05, 3.63) is 33.2 Å². The van der Waals surface area contributed by atoms with Crippen LogP contribution in [0.25, 0.3) is 11.3 Å². The van der Waals surface area contributed by atoms with Crippen LogP contribution in [-0.4, -0.2) is 43.0 Å². The molecule has 0 saturated carbocycles. The van der Waals surface area contributed by atoms with Crippen LogP contribution in [0.3, 0.4) is 0 Å². The van der Waals surface area contributed by atoms with Gasteiger partial charge in [0.2, 0.25) is 15.9 Å². The molecule has 0 radical (unpaired) electrons. The topological polar surface area (TPSA) is 79.4 Å². The lowest BCUT2D eigenvalue weighted by Gasteiger charge is -2.29. The van der Waals surface area contributed by atoms with Gasteiger partial charge in [0.1, 0.15) is 0 Å². The number of hydrogen-bond acceptors (Lipinski definition) is 5. The number of nitrogens with one attached hydrogen (secondary N) is 1. The second kappa shape index (κ2) is 7.68. The summed E-state index contributed by atoms with van der Waals surface area (Å²) in [5.41, 5.74) is 1.82. The van der Waals surface area contributed by atoms with Crippen molar-refractivity contribution in [2.45, 2.75) is 12.8 Å². The first-order chi connectivity index (χ1) is 11.8. The smallest absolute Gasteiger partial charge is 0.230 e. The normalized spacial score (nSPS) is 18.9. The molecular weight excluding hydrogens is 473 g/mol. The largest absolute Gasteiger partial charge is 0.302 e. The van der Waals surface area contributed by atoms with Gasteiger partial charge in [0.05, 0.1) is 17.9 Å². The molecule has 25 heavy (non-hydrogen) atoms. The SMILES string of the molecule is CS(=O)(=O)N1CCCC(C(=O)Nc2nc(-c3ccc(I)cc3)cs2)C1. The Kier molecular flexibility index (Phi) is 5.76. The lowest BCUT2D eigenvalue weighted by molar-refractivity contribution is -0.120. The van der Waals surface area contributed by atoms with Gasteiger partial charge in [-0.15, -0.1) is 11.3 Å². The number of anilines is 1. The molecular formula is C16H18IN3O3S2. The van der Waals surface area contributed by atoms with Crippen LogP contribution >= 0.6 is 33.9 Å². The lowest BCUT2D eigenvalue weighted by atomic mass is 9.99. The highest BCUT2D eigenvalue weighted by Gasteiger charge is 2.30. The molecule has 0 aliphatic carbocycles. The minimum atomic E-state index is -3.26. The fourth-order valence-corrected chi connectivity index (χ4v) is 4.74. The quantitative estimate of drug-likeness (QED) is 0.668. The molecule has 1 amide bonds. The van der Waals surface area contributed by atoms with Gasteiger partial charge in [0.15, 0.2) is 5.13 Å². The zero-order chi connectivity index (χ0) is 18.0. The second-order valence-corrected chi connectivity index (χ2v) is 10.1. The van der Waals surface area contributed by atoms with E-state index in [9.17, 15) is 13.2 Å². The zero-order valence-electron chi connectivity index (χ0n) is 13.6. The number of carbonyl (C=O) groups excluding carboxylic acids is 1. The summed E-state index contributed by atoms with van der Waals surface area (Å²) in [4.78, 5) is 16.9. The van der Waals surface area contributed by atoms with E-state index in [-0.39, 0.29) is 18.4 Å². The Labute approximate surface area is 164 Å². The molecule has 0 bridgehead atoms. The van der Waals surface area contributed by atoms with Crippen LogP contribution in [0.15, 0.2) is 29.6 Å². The minimum absolute atomic E-state index is 0.170. The van der Waals surface area contributed by atoms with Gasteiger partial charge in [-0.2, -0.15) is 0 Å². The Bertz CT molecular complexity index is 865. The van der Waals surface area contributed by atoms with Crippen molar-refractivity contribution in [1.82, 2.24) is 9.29 Å². The molecule has 2 heterocycles. The van der Waals surface area contributed by atoms with Crippen molar-refractivity contribution in [3.8, 4) is 11.3 Å². The van der Waals surface area contributed by atoms with Gasteiger partial charge >= 0.3 is 0 Å². The van der Waals surface area contributed by atoms with Crippen molar-refractivity contribution in [2.75, 3.05) is 24.7 Å². The number of halogens is 1. The molecule has 134 valence electrons. The monoisotopic (exact) mass is 491 g/mol. The summed E-state index contributed by atoms with van der Waals surface area (Å²) < 4.78 is 25.9. The third-order valence-electron chi connectivity index (χ3n) is 4.10. The molecule has 0 spiro atoms. The highest BCUT2D eigenvalue weighted by Crippen LogP contribution is 2.27. The number of thiazole rings is 1. The molecule has 1 aliphatic heterocycles. The fourth-order valence-electron chi connectivity index (χ4n) is 2.75. The van der Waals surface area contributed by atoms with Gasteiger partial charge in [-0.1, -0.05) is 12.1 Å². The van der Waals surface area contributed by atoms with Gasteiger partial charge in [-0.3, -0.25) is 4.79 Å². The number of nitrogens with zero attached hydrogens (tertiary/aromatic N) is 2. The van der Waals surface area contributed by atoms with Crippen molar-refractivity contribution < 1.29 is 13.2 Å². The Balaban J connectivity index is 1.66. The Morgan fingerprint density at radius 2 is 2.08 bits per heavy atom. The van der Waals surface area contributed by atoms with E-state index in [1.165, 1.54) is 21.9 Å². The first-order valence-electron chi connectivity index (χ1n) is 7.80. The maximum absolute atomic E-state index is 12.5. The van der Waals surface area contributed by atoms with E-state index < -0.39 is 10.0 Å². The number of hydrogen-bond donors (Lipinski definition) is 1. The standard InChI is InChI=1S/C16H18IN3O3S2/c1-25(22,23)20-8-2-3-12(9-20)15(21)19-16-18-14(10-24-16)11-4-6-13(17)7-5-11/h4-7,10,12H,2-3,8-9H2,1H3,(H,18,19,21). The molecule has 1 N–H and O–H groups in total. The van der Waals surface area contributed by atoms with Crippen molar-refractivity contribution in [1.29, 1.82) is 0 Å². The van der Waals surface area contributed by atoms with Crippen LogP contribution in [0.4, 0.5) is 5.13 Å². The molecule has 6 nitrogen and oxygen atoms in total. The van der Waals surface area contributed by atoms with E-state index in [4.69, 9.17) is 0 Å². The maximum atomic E-state index is 12.5. The number of sulfonamides is 1. The Morgan fingerprint density at radius 3 is 2.76 bits per heavy atom. The van der Waals surface area contributed by atoms with Crippen LogP contribution in [0, 0.1) is 9.49 Å². The van der Waals surface area contributed by atoms with Gasteiger partial charge in [-0.25, -0.2) is 17.7 Å². The van der Waals surface area contributed by atoms with E-state index in [0.717, 1.165) is 14.8 Å². The molecule has 1 aliphatic rings. The van der Waals surface area contributed by atoms with Crippen molar-refractivity contribution >= 4 is 55.0 Å². The molecule has 1 saturated heterocycles. The lowest BCUT2D eigenvalue weighted by Crippen LogP contribution is -2.43. The third kappa shape index (κ3) is 4.78. The Hall–Kier alpha value is -1.04. The number of carbonyl (C=O) groups is 1. The molecule has 1 unspecified atom stereocenters. The number of rotatable bonds is 4. The minimum Gasteiger partial charge on any atom is -0.302 e. The summed E-state index contributed by atoms with van der Waals surface area (Å²) in [6, 6.07) is 8.01. The van der Waals surface area contributed by atoms with E-state index in [2.05, 4.69) is 32.9 Å². The molecule has 1 aromatic carbocycles. The highest BCUT2D eigenvalue weighted by molar-refractivity contribution is 14.1. The van der Waals surface area contributed by atoms with Crippen LogP contribution in [0.2, 0.25) is 0 Å². The van der Waals surface area contributed by atoms with Crippen LogP contribution in [0.1, 0.15) is 12.8 Å². The Morgan fingerprint density at radius 1 is 1.36 bits per heavy atom. The van der Waals surface area contributed by atoms with Gasteiger partial charge in [0, 0.05) is 27.6 Å². The van der Waals surface area contributed by atoms with Crippen LogP contribution < -0.4 is 5.32 Å². The van der Waals surface area contributed by atoms with Crippen molar-refractivity contribution in [2.24, 2.45) is 5.92 Å². The van der Waals surface area contributed by atoms with E-state index in [1.54, 1.807) is 0 Å². The number of amides is 1. The summed E-state index contributed by atoms with van der Waals surface area (Å²) in [7, 11) is -3.26. The molecule has 2 aromatic rings. The molecule has 1 atom stereocenters. The first kappa shape index (κ1) is 18.7. The summed E-state index contributed by atoms with van der Waals surface area (Å²) in [5, 5.41) is 5.27. The molecule has 1 fully saturated rings. The summed E-state index contributed by atoms with van der Waals surface area (Å²) in [6.45, 7) is 0.719. The number of benzene rings is 1. The van der Waals surface area contributed by atoms with Crippen LogP contribution in [0.5, 0.6) is 0 Å². The summed E-state index contributed by atoms with van der Waals surface area (Å²) in [6.07, 6.45) is 2.56. The predicted molar refractivity (Wildman–Crippen MR) is 108 cm³/mol. The highest BCUT2D eigenvalue weighted by atomic mass is 127. The summed E-state index contributed by atoms with van der Waals surface area (Å²) in [5.74, 6) is -0.508. The second-order valence-electron chi connectivity index (χ2n) is 5.99. The van der Waals surface area contributed by atoms with E-state index in [0.29, 0.717) is 24.5 Å². The predicted octanol–water partition coefficient (Wildman–Crippen LogP) is 3.02. The van der Waals surface area contributed by atoms with Gasteiger partial charge in [0.25, 0.3) is 0 Å². The number of piperidine rings is 1. The van der Waals surface area contributed by atoms with Gasteiger partial charge < -0.3 is 5.32 Å². The number of aromatic nitrogens is 1. The molecule has 9 heteroatoms. The third-order valence-corrected chi connectivity index (χ3v) is 6.84. The average molecular weight is 491 g/mol. The molecule has 3 rings (SSSR count). The fraction of sp³-hybridized carbons (Fsp3) is 0.375. The van der Waals surface area contributed by atoms with Gasteiger partial charge in [-0.05, 0) is 47.6 Å². The molecule has 1 aromatic heterocycles. The van der Waals surface area contributed by atoms with E-state index in [1.807, 2.05) is 29.6 Å². The van der Waals surface area contributed by atoms with Crippen molar-refractivity contribution in [3.63, 3.8) is 0 Å². The maximum Gasteiger partial charge on any atom is 0.230 e. The zero-order valence-corrected chi connectivity index (χ0v) is 17.4. The average Bonchev–Trinajstić information content (AvgIpc) is 3.03. The van der Waals surface area contributed by atoms with Crippen LogP contribution in [-0.2, 0) is 14.8 Å². The van der Waals surface area contributed by atoms with E-state index >= 15 is 0 Å².